The van der Waals surface area contributed by atoms with E-state index < -0.39 is 24.3 Å². The van der Waals surface area contributed by atoms with Crippen LogP contribution in [0.15, 0.2) is 10.7 Å². The Bertz CT molecular complexity index is 1130. The SMILES string of the molecule is Cc1ncc2c(c1-c1noc(CN3C[C@@H]4CC[C@@H]3C4)n1)CCNC2.O=C(O)C(F)(F)F.O=C(O)C(F)(F)F. The maximum Gasteiger partial charge on any atom is 0.490 e. The zero-order valence-electron chi connectivity index (χ0n) is 20.1. The van der Waals surface area contributed by atoms with Gasteiger partial charge in [-0.15, -0.1) is 0 Å². The molecule has 2 bridgehead atoms. The molecule has 0 radical (unpaired) electrons. The van der Waals surface area contributed by atoms with Gasteiger partial charge < -0.3 is 20.1 Å². The molecule has 1 saturated heterocycles. The van der Waals surface area contributed by atoms with Crippen LogP contribution in [0.4, 0.5) is 26.3 Å². The molecule has 2 atom stereocenters. The summed E-state index contributed by atoms with van der Waals surface area (Å²) in [6, 6.07) is 0.726. The van der Waals surface area contributed by atoms with Crippen LogP contribution in [0, 0.1) is 12.8 Å². The molecule has 2 aromatic heterocycles. The lowest BCUT2D eigenvalue weighted by Gasteiger charge is -2.24. The van der Waals surface area contributed by atoms with Crippen LogP contribution in [0.3, 0.4) is 0 Å². The Labute approximate surface area is 212 Å². The largest absolute Gasteiger partial charge is 0.490 e. The van der Waals surface area contributed by atoms with E-state index >= 15 is 0 Å². The molecule has 2 aliphatic heterocycles. The van der Waals surface area contributed by atoms with E-state index in [0.717, 1.165) is 55.2 Å². The third kappa shape index (κ3) is 7.40. The van der Waals surface area contributed by atoms with Crippen LogP contribution < -0.4 is 5.32 Å². The van der Waals surface area contributed by atoms with Gasteiger partial charge in [-0.1, -0.05) is 5.16 Å². The number of carboxylic acid groups (broad SMARTS) is 2. The molecule has 0 spiro atoms. The van der Waals surface area contributed by atoms with Gasteiger partial charge in [0.25, 0.3) is 0 Å². The van der Waals surface area contributed by atoms with E-state index in [4.69, 9.17) is 29.3 Å². The maximum absolute atomic E-state index is 10.6. The Morgan fingerprint density at radius 1 is 1.13 bits per heavy atom. The molecular formula is C22H25F6N5O5. The average molecular weight is 553 g/mol. The molecule has 10 nitrogen and oxygen atoms in total. The number of fused-ring (bicyclic) bond motifs is 3. The Morgan fingerprint density at radius 2 is 1.76 bits per heavy atom. The molecule has 1 saturated carbocycles. The number of carboxylic acids is 2. The second kappa shape index (κ2) is 11.6. The summed E-state index contributed by atoms with van der Waals surface area (Å²) in [6.07, 6.45) is -3.13. The minimum atomic E-state index is -5.08. The third-order valence-corrected chi connectivity index (χ3v) is 6.37. The number of piperidine rings is 1. The molecule has 3 aliphatic rings. The van der Waals surface area contributed by atoms with Gasteiger partial charge in [0.1, 0.15) is 0 Å². The van der Waals surface area contributed by atoms with Crippen molar-refractivity contribution in [3.8, 4) is 11.4 Å². The predicted octanol–water partition coefficient (Wildman–Crippen LogP) is 3.34. The van der Waals surface area contributed by atoms with Crippen molar-refractivity contribution in [1.29, 1.82) is 0 Å². The number of halogens is 6. The number of hydrogen-bond acceptors (Lipinski definition) is 8. The first-order chi connectivity index (χ1) is 17.7. The van der Waals surface area contributed by atoms with Crippen LogP contribution in [0.25, 0.3) is 11.4 Å². The van der Waals surface area contributed by atoms with Crippen molar-refractivity contribution >= 4 is 11.9 Å². The number of carbonyl (C=O) groups is 2. The predicted molar refractivity (Wildman–Crippen MR) is 117 cm³/mol. The lowest BCUT2D eigenvalue weighted by molar-refractivity contribution is -0.193. The van der Waals surface area contributed by atoms with Crippen LogP contribution in [-0.4, -0.2) is 73.7 Å². The van der Waals surface area contributed by atoms with Crippen molar-refractivity contribution in [3.63, 3.8) is 0 Å². The first-order valence-corrected chi connectivity index (χ1v) is 11.5. The van der Waals surface area contributed by atoms with E-state index in [9.17, 15) is 26.3 Å². The zero-order chi connectivity index (χ0) is 28.3. The van der Waals surface area contributed by atoms with Gasteiger partial charge in [0.05, 0.1) is 6.54 Å². The molecule has 38 heavy (non-hydrogen) atoms. The standard InChI is InChI=1S/C18H23N5O.2C2HF3O2/c1-11-17(15-4-5-19-7-13(15)8-20-11)18-21-16(24-22-18)10-23-9-12-2-3-14(23)6-12;2*3-2(4,5)1(6)7/h8,12,14,19H,2-7,9-10H2,1H3;2*(H,6,7)/t12-,14-;;/m1../s1. The fourth-order valence-electron chi connectivity index (χ4n) is 4.68. The van der Waals surface area contributed by atoms with Crippen LogP contribution in [0.2, 0.25) is 0 Å². The van der Waals surface area contributed by atoms with Gasteiger partial charge in [-0.3, -0.25) is 9.88 Å². The number of nitrogens with zero attached hydrogens (tertiary/aromatic N) is 4. The second-order valence-corrected chi connectivity index (χ2v) is 9.03. The van der Waals surface area contributed by atoms with Crippen molar-refractivity contribution < 1.29 is 50.7 Å². The van der Waals surface area contributed by atoms with Crippen LogP contribution in [0.5, 0.6) is 0 Å². The van der Waals surface area contributed by atoms with Crippen molar-refractivity contribution in [3.05, 3.63) is 28.9 Å². The zero-order valence-corrected chi connectivity index (χ0v) is 20.1. The summed E-state index contributed by atoms with van der Waals surface area (Å²) < 4.78 is 69.1. The molecule has 2 aromatic rings. The van der Waals surface area contributed by atoms with Crippen LogP contribution >= 0.6 is 0 Å². The van der Waals surface area contributed by atoms with E-state index in [-0.39, 0.29) is 0 Å². The van der Waals surface area contributed by atoms with Crippen LogP contribution in [-0.2, 0) is 29.1 Å². The Hall–Kier alpha value is -3.27. The average Bonchev–Trinajstić information content (AvgIpc) is 3.56. The summed E-state index contributed by atoms with van der Waals surface area (Å²) in [7, 11) is 0. The smallest absolute Gasteiger partial charge is 0.475 e. The molecule has 0 amide bonds. The number of aromatic nitrogens is 3. The summed E-state index contributed by atoms with van der Waals surface area (Å²) in [4.78, 5) is 29.6. The Balaban J connectivity index is 0.000000239. The van der Waals surface area contributed by atoms with Gasteiger partial charge in [0.2, 0.25) is 11.7 Å². The molecular weight excluding hydrogens is 528 g/mol. The van der Waals surface area contributed by atoms with E-state index in [1.165, 1.54) is 36.9 Å². The fraction of sp³-hybridized carbons (Fsp3) is 0.591. The lowest BCUT2D eigenvalue weighted by Crippen LogP contribution is -2.31. The highest BCUT2D eigenvalue weighted by Gasteiger charge is 2.39. The Kier molecular flexibility index (Phi) is 8.97. The number of likely N-dealkylation sites (tertiary alicyclic amines) is 1. The molecule has 1 aliphatic carbocycles. The number of nitrogens with one attached hydrogen (secondary N) is 1. The highest BCUT2D eigenvalue weighted by Crippen LogP contribution is 2.38. The minimum absolute atomic E-state index is 0.707. The molecule has 16 heteroatoms. The van der Waals surface area contributed by atoms with Gasteiger partial charge in [0.15, 0.2) is 0 Å². The van der Waals surface area contributed by atoms with Gasteiger partial charge in [-0.25, -0.2) is 9.59 Å². The van der Waals surface area contributed by atoms with E-state index in [2.05, 4.69) is 20.4 Å². The number of aliphatic carboxylic acids is 2. The molecule has 4 heterocycles. The number of alkyl halides is 6. The van der Waals surface area contributed by atoms with Crippen molar-refractivity contribution in [2.75, 3.05) is 13.1 Å². The summed E-state index contributed by atoms with van der Waals surface area (Å²) >= 11 is 0. The molecule has 210 valence electrons. The molecule has 0 unspecified atom stereocenters. The molecule has 3 N–H and O–H groups in total. The number of pyridine rings is 1. The monoisotopic (exact) mass is 553 g/mol. The summed E-state index contributed by atoms with van der Waals surface area (Å²) in [5.74, 6) is -3.18. The third-order valence-electron chi connectivity index (χ3n) is 6.37. The van der Waals surface area contributed by atoms with Gasteiger partial charge in [-0.05, 0) is 56.2 Å². The first-order valence-electron chi connectivity index (χ1n) is 11.5. The van der Waals surface area contributed by atoms with Crippen molar-refractivity contribution in [2.24, 2.45) is 5.92 Å². The highest BCUT2D eigenvalue weighted by molar-refractivity contribution is 5.73. The maximum atomic E-state index is 10.6. The number of hydrogen-bond donors (Lipinski definition) is 3. The first kappa shape index (κ1) is 29.3. The lowest BCUT2D eigenvalue weighted by atomic mass is 9.95. The van der Waals surface area contributed by atoms with E-state index in [1.807, 2.05) is 13.1 Å². The Morgan fingerprint density at radius 3 is 2.29 bits per heavy atom. The number of rotatable bonds is 3. The van der Waals surface area contributed by atoms with Gasteiger partial charge in [-0.2, -0.15) is 31.3 Å². The fourth-order valence-corrected chi connectivity index (χ4v) is 4.68. The highest BCUT2D eigenvalue weighted by atomic mass is 19.4. The van der Waals surface area contributed by atoms with Crippen molar-refractivity contribution in [2.45, 2.75) is 64.1 Å². The normalized spacial score (nSPS) is 20.6. The molecule has 0 aromatic carbocycles. The van der Waals surface area contributed by atoms with Crippen LogP contribution in [0.1, 0.15) is 42.0 Å². The quantitative estimate of drug-likeness (QED) is 0.485. The van der Waals surface area contributed by atoms with Crippen molar-refractivity contribution in [1.82, 2.24) is 25.3 Å². The van der Waals surface area contributed by atoms with Gasteiger partial charge in [0, 0.05) is 36.6 Å². The molecule has 5 rings (SSSR count). The summed E-state index contributed by atoms with van der Waals surface area (Å²) in [5, 5.41) is 21.9. The minimum Gasteiger partial charge on any atom is -0.475 e. The van der Waals surface area contributed by atoms with E-state index in [0.29, 0.717) is 5.82 Å². The number of aryl methyl sites for hydroxylation is 1. The topological polar surface area (TPSA) is 142 Å². The summed E-state index contributed by atoms with van der Waals surface area (Å²) in [6.45, 7) is 5.88. The summed E-state index contributed by atoms with van der Waals surface area (Å²) in [5.41, 5.74) is 4.65. The second-order valence-electron chi connectivity index (χ2n) is 9.03. The van der Waals surface area contributed by atoms with E-state index in [1.54, 1.807) is 0 Å². The molecule has 2 fully saturated rings. The van der Waals surface area contributed by atoms with Gasteiger partial charge >= 0.3 is 24.3 Å².